The second-order valence-electron chi connectivity index (χ2n) is 3.28. The molecule has 0 spiro atoms. The van der Waals surface area contributed by atoms with Crippen molar-refractivity contribution in [3.8, 4) is 0 Å². The lowest BCUT2D eigenvalue weighted by Crippen LogP contribution is -2.31. The lowest BCUT2D eigenvalue weighted by molar-refractivity contribution is 0.0951. The molecule has 0 fully saturated rings. The van der Waals surface area contributed by atoms with Crippen molar-refractivity contribution in [3.05, 3.63) is 52.6 Å². The Balaban J connectivity index is 2.31. The zero-order chi connectivity index (χ0) is 12.3. The second-order valence-corrected chi connectivity index (χ2v) is 3.28. The molecule has 7 heteroatoms. The minimum absolute atomic E-state index is 0.127. The van der Waals surface area contributed by atoms with Crippen LogP contribution in [0.2, 0.25) is 0 Å². The summed E-state index contributed by atoms with van der Waals surface area (Å²) >= 11 is 0. The normalized spacial score (nSPS) is 10.2. The fraction of sp³-hybridized carbons (Fsp3) is 0.100. The summed E-state index contributed by atoms with van der Waals surface area (Å²) in [5.41, 5.74) is 2.07. The first-order chi connectivity index (χ1) is 8.22. The van der Waals surface area contributed by atoms with Crippen LogP contribution in [0.4, 0.5) is 0 Å². The topological polar surface area (TPSA) is 103 Å². The Hall–Kier alpha value is -2.41. The van der Waals surface area contributed by atoms with Gasteiger partial charge in [-0.15, -0.1) is 0 Å². The molecule has 7 nitrogen and oxygen atoms in total. The average Bonchev–Trinajstić information content (AvgIpc) is 2.79. The lowest BCUT2D eigenvalue weighted by atomic mass is 10.2. The minimum atomic E-state index is -0.467. The molecule has 88 valence electrons. The molecule has 0 aliphatic rings. The molecule has 0 saturated heterocycles. The highest BCUT2D eigenvalue weighted by Crippen LogP contribution is 2.10. The summed E-state index contributed by atoms with van der Waals surface area (Å²) in [5, 5.41) is 0. The van der Waals surface area contributed by atoms with E-state index in [-0.39, 0.29) is 12.1 Å². The first-order valence-corrected chi connectivity index (χ1v) is 4.80. The van der Waals surface area contributed by atoms with Gasteiger partial charge in [0.2, 0.25) is 0 Å². The zero-order valence-electron chi connectivity index (χ0n) is 8.79. The Morgan fingerprint density at radius 2 is 2.35 bits per heavy atom. The summed E-state index contributed by atoms with van der Waals surface area (Å²) in [6, 6.07) is 2.81. The van der Waals surface area contributed by atoms with E-state index in [0.29, 0.717) is 11.3 Å². The van der Waals surface area contributed by atoms with Crippen molar-refractivity contribution in [2.45, 2.75) is 6.54 Å². The van der Waals surface area contributed by atoms with Gasteiger partial charge in [-0.2, -0.15) is 0 Å². The van der Waals surface area contributed by atoms with Crippen LogP contribution in [0.25, 0.3) is 0 Å². The zero-order valence-corrected chi connectivity index (χ0v) is 8.79. The van der Waals surface area contributed by atoms with Crippen molar-refractivity contribution in [1.29, 1.82) is 0 Å². The van der Waals surface area contributed by atoms with E-state index in [9.17, 15) is 9.59 Å². The van der Waals surface area contributed by atoms with Crippen LogP contribution in [0, 0.1) is 0 Å². The van der Waals surface area contributed by atoms with E-state index >= 15 is 0 Å². The van der Waals surface area contributed by atoms with Crippen molar-refractivity contribution in [1.82, 2.24) is 15.0 Å². The van der Waals surface area contributed by atoms with Gasteiger partial charge < -0.3 is 4.42 Å². The number of hydrazine groups is 1. The molecule has 2 aromatic heterocycles. The summed E-state index contributed by atoms with van der Waals surface area (Å²) in [4.78, 5) is 26.6. The predicted octanol–water partition coefficient (Wildman–Crippen LogP) is -0.512. The van der Waals surface area contributed by atoms with E-state index in [1.165, 1.54) is 35.5 Å². The third-order valence-corrected chi connectivity index (χ3v) is 2.23. The molecule has 0 radical (unpaired) electrons. The largest absolute Gasteiger partial charge is 0.467 e. The number of furan rings is 1. The van der Waals surface area contributed by atoms with E-state index in [1.807, 2.05) is 5.43 Å². The Bertz CT molecular complexity index is 587. The Morgan fingerprint density at radius 1 is 1.53 bits per heavy atom. The molecule has 0 aliphatic carbocycles. The molecule has 2 heterocycles. The maximum absolute atomic E-state index is 11.5. The van der Waals surface area contributed by atoms with E-state index < -0.39 is 5.91 Å². The Kier molecular flexibility index (Phi) is 3.01. The van der Waals surface area contributed by atoms with Crippen LogP contribution in [-0.4, -0.2) is 15.5 Å². The number of hydrogen-bond acceptors (Lipinski definition) is 5. The van der Waals surface area contributed by atoms with Gasteiger partial charge in [-0.1, -0.05) is 0 Å². The third kappa shape index (κ3) is 2.23. The number of rotatable bonds is 3. The van der Waals surface area contributed by atoms with Crippen molar-refractivity contribution >= 4 is 5.91 Å². The maximum atomic E-state index is 11.5. The van der Waals surface area contributed by atoms with Crippen LogP contribution in [0.3, 0.4) is 0 Å². The summed E-state index contributed by atoms with van der Waals surface area (Å²) < 4.78 is 6.47. The van der Waals surface area contributed by atoms with Crippen LogP contribution >= 0.6 is 0 Å². The standard InChI is InChI=1S/C10H10N4O3/c11-13-10(16)7-2-4-17-8(7)5-14-6-12-3-1-9(14)15/h1-4,6H,5,11H2,(H,13,16). The van der Waals surface area contributed by atoms with E-state index in [0.717, 1.165) is 0 Å². The summed E-state index contributed by atoms with van der Waals surface area (Å²) in [6.45, 7) is 0.127. The first kappa shape index (κ1) is 11.1. The van der Waals surface area contributed by atoms with Gasteiger partial charge in [-0.25, -0.2) is 10.8 Å². The molecule has 0 aromatic carbocycles. The molecule has 2 rings (SSSR count). The van der Waals surface area contributed by atoms with Crippen LogP contribution in [-0.2, 0) is 6.54 Å². The molecule has 0 saturated carbocycles. The number of aromatic nitrogens is 2. The van der Waals surface area contributed by atoms with Crippen LogP contribution in [0.15, 0.2) is 40.1 Å². The average molecular weight is 234 g/mol. The molecule has 3 N–H and O–H groups in total. The number of carbonyl (C=O) groups is 1. The van der Waals surface area contributed by atoms with E-state index in [1.54, 1.807) is 0 Å². The number of nitrogens with one attached hydrogen (secondary N) is 1. The molecule has 0 atom stereocenters. The van der Waals surface area contributed by atoms with Gasteiger partial charge in [0.1, 0.15) is 5.76 Å². The highest BCUT2D eigenvalue weighted by Gasteiger charge is 2.14. The number of nitrogens with zero attached hydrogens (tertiary/aromatic N) is 2. The third-order valence-electron chi connectivity index (χ3n) is 2.23. The van der Waals surface area contributed by atoms with Gasteiger partial charge in [-0.05, 0) is 6.07 Å². The molecule has 17 heavy (non-hydrogen) atoms. The van der Waals surface area contributed by atoms with Gasteiger partial charge in [0, 0.05) is 12.3 Å². The van der Waals surface area contributed by atoms with Crippen molar-refractivity contribution in [3.63, 3.8) is 0 Å². The second kappa shape index (κ2) is 4.62. The van der Waals surface area contributed by atoms with E-state index in [4.69, 9.17) is 10.3 Å². The van der Waals surface area contributed by atoms with Crippen LogP contribution in [0.5, 0.6) is 0 Å². The number of nitrogens with two attached hydrogens (primary N) is 1. The van der Waals surface area contributed by atoms with Gasteiger partial charge in [0.15, 0.2) is 0 Å². The highest BCUT2D eigenvalue weighted by molar-refractivity contribution is 5.94. The number of nitrogen functional groups attached to an aromatic ring is 1. The molecule has 0 unspecified atom stereocenters. The van der Waals surface area contributed by atoms with Crippen molar-refractivity contribution < 1.29 is 9.21 Å². The quantitative estimate of drug-likeness (QED) is 0.423. The van der Waals surface area contributed by atoms with Gasteiger partial charge >= 0.3 is 0 Å². The van der Waals surface area contributed by atoms with Gasteiger partial charge in [0.25, 0.3) is 11.5 Å². The predicted molar refractivity (Wildman–Crippen MR) is 58.0 cm³/mol. The SMILES string of the molecule is NNC(=O)c1ccoc1Cn1cnccc1=O. The monoisotopic (exact) mass is 234 g/mol. The molecule has 0 bridgehead atoms. The van der Waals surface area contributed by atoms with E-state index in [2.05, 4.69) is 4.98 Å². The summed E-state index contributed by atoms with van der Waals surface area (Å²) in [6.07, 6.45) is 4.13. The highest BCUT2D eigenvalue weighted by atomic mass is 16.3. The Morgan fingerprint density at radius 3 is 3.06 bits per heavy atom. The Labute approximate surface area is 95.8 Å². The molecule has 2 aromatic rings. The van der Waals surface area contributed by atoms with Crippen LogP contribution in [0.1, 0.15) is 16.1 Å². The van der Waals surface area contributed by atoms with Crippen LogP contribution < -0.4 is 16.8 Å². The van der Waals surface area contributed by atoms with Crippen molar-refractivity contribution in [2.24, 2.45) is 5.84 Å². The maximum Gasteiger partial charge on any atom is 0.268 e. The van der Waals surface area contributed by atoms with Gasteiger partial charge in [0.05, 0.1) is 24.7 Å². The van der Waals surface area contributed by atoms with Gasteiger partial charge in [-0.3, -0.25) is 19.6 Å². The van der Waals surface area contributed by atoms with Crippen molar-refractivity contribution in [2.75, 3.05) is 0 Å². The molecular formula is C10H10N4O3. The number of carbonyl (C=O) groups excluding carboxylic acids is 1. The summed E-state index contributed by atoms with van der Waals surface area (Å²) in [7, 11) is 0. The minimum Gasteiger partial charge on any atom is -0.467 e. The first-order valence-electron chi connectivity index (χ1n) is 4.80. The molecular weight excluding hydrogens is 224 g/mol. The lowest BCUT2D eigenvalue weighted by Gasteiger charge is -2.03. The molecule has 1 amide bonds. The smallest absolute Gasteiger partial charge is 0.268 e. The summed E-state index contributed by atoms with van der Waals surface area (Å²) in [5.74, 6) is 4.92. The number of amides is 1. The molecule has 0 aliphatic heterocycles. The fourth-order valence-electron chi connectivity index (χ4n) is 1.39. The number of hydrogen-bond donors (Lipinski definition) is 2. The fourth-order valence-corrected chi connectivity index (χ4v) is 1.39.